The lowest BCUT2D eigenvalue weighted by Crippen LogP contribution is -2.43. The van der Waals surface area contributed by atoms with Crippen molar-refractivity contribution in [1.29, 1.82) is 0 Å². The van der Waals surface area contributed by atoms with Crippen molar-refractivity contribution in [3.05, 3.63) is 24.3 Å². The van der Waals surface area contributed by atoms with Gasteiger partial charge in [-0.25, -0.2) is 9.78 Å². The van der Waals surface area contributed by atoms with Gasteiger partial charge in [0.2, 0.25) is 0 Å². The van der Waals surface area contributed by atoms with E-state index in [0.29, 0.717) is 29.7 Å². The molecule has 1 aliphatic rings. The Morgan fingerprint density at radius 1 is 1.32 bits per heavy atom. The fourth-order valence-corrected chi connectivity index (χ4v) is 3.84. The lowest BCUT2D eigenvalue weighted by Gasteiger charge is -2.25. The molecule has 1 aliphatic heterocycles. The molecule has 7 heteroatoms. The first-order chi connectivity index (χ1) is 9.22. The Morgan fingerprint density at radius 2 is 2.05 bits per heavy atom. The second-order valence-electron chi connectivity index (χ2n) is 4.25. The fourth-order valence-electron chi connectivity index (χ4n) is 1.94. The van der Waals surface area contributed by atoms with Crippen LogP contribution in [-0.2, 0) is 10.8 Å². The smallest absolute Gasteiger partial charge is 0.323 e. The number of carbonyl (C=O) groups excluding carboxylic acids is 1. The van der Waals surface area contributed by atoms with Gasteiger partial charge in [0.1, 0.15) is 0 Å². The minimum absolute atomic E-state index is 0.157. The maximum Gasteiger partial charge on any atom is 0.323 e. The molecule has 0 spiro atoms. The molecular weight excluding hydrogens is 282 g/mol. The van der Waals surface area contributed by atoms with Gasteiger partial charge >= 0.3 is 6.03 Å². The van der Waals surface area contributed by atoms with Crippen molar-refractivity contribution in [2.45, 2.75) is 0 Å². The van der Waals surface area contributed by atoms with Gasteiger partial charge in [0.05, 0.1) is 10.2 Å². The van der Waals surface area contributed by atoms with E-state index in [0.717, 1.165) is 10.2 Å². The van der Waals surface area contributed by atoms with Gasteiger partial charge in [0.15, 0.2) is 5.13 Å². The Morgan fingerprint density at radius 3 is 2.79 bits per heavy atom. The van der Waals surface area contributed by atoms with Crippen molar-refractivity contribution < 1.29 is 9.00 Å². The number of aromatic nitrogens is 1. The third-order valence-corrected chi connectivity index (χ3v) is 5.20. The summed E-state index contributed by atoms with van der Waals surface area (Å²) in [6.07, 6.45) is 0. The highest BCUT2D eigenvalue weighted by Crippen LogP contribution is 2.25. The first-order valence-electron chi connectivity index (χ1n) is 5.99. The number of fused-ring (bicyclic) bond motifs is 1. The average Bonchev–Trinajstić information content (AvgIpc) is 2.81. The zero-order chi connectivity index (χ0) is 13.2. The predicted molar refractivity (Wildman–Crippen MR) is 78.1 cm³/mol. The SMILES string of the molecule is O=C(Nc1nc2ccccc2s1)N1CCS(=O)CC1. The second kappa shape index (κ2) is 5.26. The van der Waals surface area contributed by atoms with Gasteiger partial charge in [-0.05, 0) is 12.1 Å². The second-order valence-corrected chi connectivity index (χ2v) is 6.98. The quantitative estimate of drug-likeness (QED) is 0.874. The highest BCUT2D eigenvalue weighted by molar-refractivity contribution is 7.85. The van der Waals surface area contributed by atoms with Crippen molar-refractivity contribution in [3.63, 3.8) is 0 Å². The third kappa shape index (κ3) is 2.76. The first kappa shape index (κ1) is 12.6. The predicted octanol–water partition coefficient (Wildman–Crippen LogP) is 1.89. The summed E-state index contributed by atoms with van der Waals surface area (Å²) < 4.78 is 12.3. The molecule has 2 heterocycles. The van der Waals surface area contributed by atoms with E-state index >= 15 is 0 Å². The normalized spacial score (nSPS) is 16.7. The Hall–Kier alpha value is -1.47. The standard InChI is InChI=1S/C12H13N3O2S2/c16-12(15-5-7-19(17)8-6-15)14-11-13-9-3-1-2-4-10(9)18-11/h1-4H,5-8H2,(H,13,14,16). The Labute approximate surface area is 117 Å². The summed E-state index contributed by atoms with van der Waals surface area (Å²) in [6.45, 7) is 1.09. The van der Waals surface area contributed by atoms with Crippen molar-refractivity contribution in [3.8, 4) is 0 Å². The van der Waals surface area contributed by atoms with Gasteiger partial charge < -0.3 is 4.90 Å². The van der Waals surface area contributed by atoms with Crippen LogP contribution in [0.5, 0.6) is 0 Å². The number of hydrogen-bond donors (Lipinski definition) is 1. The summed E-state index contributed by atoms with van der Waals surface area (Å²) in [5.74, 6) is 1.13. The number of hydrogen-bond acceptors (Lipinski definition) is 4. The number of nitrogens with one attached hydrogen (secondary N) is 1. The molecule has 0 atom stereocenters. The van der Waals surface area contributed by atoms with E-state index in [9.17, 15) is 9.00 Å². The number of para-hydroxylation sites is 1. The number of benzene rings is 1. The van der Waals surface area contributed by atoms with Gasteiger partial charge in [-0.15, -0.1) is 0 Å². The van der Waals surface area contributed by atoms with Crippen LogP contribution in [0.15, 0.2) is 24.3 Å². The van der Waals surface area contributed by atoms with Gasteiger partial charge in [0.25, 0.3) is 0 Å². The van der Waals surface area contributed by atoms with Gasteiger partial charge in [-0.2, -0.15) is 0 Å². The monoisotopic (exact) mass is 295 g/mol. The molecule has 3 rings (SSSR count). The fraction of sp³-hybridized carbons (Fsp3) is 0.333. The van der Waals surface area contributed by atoms with Crippen molar-refractivity contribution in [1.82, 2.24) is 9.88 Å². The molecule has 1 saturated heterocycles. The lowest BCUT2D eigenvalue weighted by molar-refractivity contribution is 0.216. The van der Waals surface area contributed by atoms with Crippen LogP contribution in [0.25, 0.3) is 10.2 Å². The van der Waals surface area contributed by atoms with Crippen LogP contribution in [0.3, 0.4) is 0 Å². The molecule has 0 radical (unpaired) electrons. The van der Waals surface area contributed by atoms with E-state index < -0.39 is 10.8 Å². The lowest BCUT2D eigenvalue weighted by atomic mass is 10.3. The van der Waals surface area contributed by atoms with Crippen LogP contribution in [0, 0.1) is 0 Å². The molecule has 100 valence electrons. The van der Waals surface area contributed by atoms with E-state index in [2.05, 4.69) is 10.3 Å². The zero-order valence-corrected chi connectivity index (χ0v) is 11.8. The summed E-state index contributed by atoms with van der Waals surface area (Å²) >= 11 is 1.46. The van der Waals surface area contributed by atoms with E-state index in [1.807, 2.05) is 24.3 Å². The Kier molecular flexibility index (Phi) is 3.48. The molecular formula is C12H13N3O2S2. The van der Waals surface area contributed by atoms with E-state index in [4.69, 9.17) is 0 Å². The Bertz CT molecular complexity index is 598. The first-order valence-corrected chi connectivity index (χ1v) is 8.29. The van der Waals surface area contributed by atoms with E-state index in [1.54, 1.807) is 4.90 Å². The highest BCUT2D eigenvalue weighted by atomic mass is 32.2. The van der Waals surface area contributed by atoms with E-state index in [-0.39, 0.29) is 6.03 Å². The van der Waals surface area contributed by atoms with Crippen molar-refractivity contribution in [2.24, 2.45) is 0 Å². The molecule has 0 unspecified atom stereocenters. The summed E-state index contributed by atoms with van der Waals surface area (Å²) in [5.41, 5.74) is 0.891. The minimum atomic E-state index is -0.771. The molecule has 1 N–H and O–H groups in total. The van der Waals surface area contributed by atoms with Gasteiger partial charge in [-0.3, -0.25) is 9.53 Å². The third-order valence-electron chi connectivity index (χ3n) is 2.97. The average molecular weight is 295 g/mol. The van der Waals surface area contributed by atoms with Crippen LogP contribution < -0.4 is 5.32 Å². The number of carbonyl (C=O) groups is 1. The number of amides is 2. The molecule has 0 saturated carbocycles. The summed E-state index contributed by atoms with van der Waals surface area (Å²) in [6, 6.07) is 7.62. The molecule has 1 fully saturated rings. The van der Waals surface area contributed by atoms with Crippen molar-refractivity contribution in [2.75, 3.05) is 29.9 Å². The molecule has 1 aromatic carbocycles. The maximum absolute atomic E-state index is 12.0. The maximum atomic E-state index is 12.0. The van der Waals surface area contributed by atoms with Gasteiger partial charge in [0, 0.05) is 35.4 Å². The van der Waals surface area contributed by atoms with Crippen LogP contribution in [-0.4, -0.2) is 44.7 Å². The Balaban J connectivity index is 1.70. The number of nitrogens with zero attached hydrogens (tertiary/aromatic N) is 2. The van der Waals surface area contributed by atoms with Crippen LogP contribution >= 0.6 is 11.3 Å². The molecule has 19 heavy (non-hydrogen) atoms. The molecule has 0 aliphatic carbocycles. The van der Waals surface area contributed by atoms with Crippen LogP contribution in [0.4, 0.5) is 9.93 Å². The summed E-state index contributed by atoms with van der Waals surface area (Å²) in [5, 5.41) is 3.42. The van der Waals surface area contributed by atoms with Crippen molar-refractivity contribution >= 4 is 43.5 Å². The molecule has 2 aromatic rings. The number of urea groups is 1. The highest BCUT2D eigenvalue weighted by Gasteiger charge is 2.20. The minimum Gasteiger partial charge on any atom is -0.323 e. The largest absolute Gasteiger partial charge is 0.323 e. The summed E-state index contributed by atoms with van der Waals surface area (Å²) in [4.78, 5) is 18.1. The van der Waals surface area contributed by atoms with E-state index in [1.165, 1.54) is 11.3 Å². The summed E-state index contributed by atoms with van der Waals surface area (Å²) in [7, 11) is -0.771. The molecule has 5 nitrogen and oxygen atoms in total. The molecule has 2 amide bonds. The van der Waals surface area contributed by atoms with Crippen LogP contribution in [0.2, 0.25) is 0 Å². The topological polar surface area (TPSA) is 62.3 Å². The zero-order valence-electron chi connectivity index (χ0n) is 10.2. The molecule has 1 aromatic heterocycles. The number of rotatable bonds is 1. The number of thiazole rings is 1. The van der Waals surface area contributed by atoms with Gasteiger partial charge in [-0.1, -0.05) is 23.5 Å². The number of anilines is 1. The van der Waals surface area contributed by atoms with Crippen LogP contribution in [0.1, 0.15) is 0 Å². The molecule has 0 bridgehead atoms.